The number of hydrogen-bond acceptors (Lipinski definition) is 6. The molecule has 2 aliphatic heterocycles. The zero-order valence-corrected chi connectivity index (χ0v) is 14.8. The normalized spacial score (nSPS) is 26.4. The van der Waals surface area contributed by atoms with Gasteiger partial charge in [0.25, 0.3) is 5.70 Å². The SMILES string of the molecule is CC(C)(C)OC(=O)N1CCC(C2=NNC3C=C([N+](=O)[O-])C=CC23)CC1. The van der Waals surface area contributed by atoms with E-state index >= 15 is 0 Å². The third-order valence-electron chi connectivity index (χ3n) is 4.67. The van der Waals surface area contributed by atoms with E-state index < -0.39 is 5.60 Å². The van der Waals surface area contributed by atoms with Crippen molar-refractivity contribution in [1.82, 2.24) is 10.3 Å². The standard InChI is InChI=1S/C17H24N4O4/c1-17(2,3)25-16(22)20-8-6-11(7-9-20)15-13-5-4-12(21(23)24)10-14(13)18-19-15/h4-5,10-11,13-14,18H,6-9H2,1-3H3. The number of nitro groups is 1. The minimum Gasteiger partial charge on any atom is -0.444 e. The summed E-state index contributed by atoms with van der Waals surface area (Å²) in [5, 5.41) is 15.3. The highest BCUT2D eigenvalue weighted by atomic mass is 16.6. The second-order valence-corrected chi connectivity index (χ2v) is 7.67. The van der Waals surface area contributed by atoms with Crippen LogP contribution in [0.2, 0.25) is 0 Å². The topological polar surface area (TPSA) is 97.1 Å². The van der Waals surface area contributed by atoms with E-state index in [1.165, 1.54) is 0 Å². The molecule has 2 heterocycles. The first kappa shape index (κ1) is 17.4. The summed E-state index contributed by atoms with van der Waals surface area (Å²) in [6.07, 6.45) is 6.41. The third-order valence-corrected chi connectivity index (χ3v) is 4.67. The lowest BCUT2D eigenvalue weighted by Crippen LogP contribution is -2.43. The molecular formula is C17H24N4O4. The van der Waals surface area contributed by atoms with E-state index in [1.54, 1.807) is 17.1 Å². The Labute approximate surface area is 146 Å². The van der Waals surface area contributed by atoms with Crippen LogP contribution in [0.5, 0.6) is 0 Å². The molecule has 2 atom stereocenters. The lowest BCUT2D eigenvalue weighted by molar-refractivity contribution is -0.419. The fraction of sp³-hybridized carbons (Fsp3) is 0.647. The second kappa shape index (κ2) is 6.50. The van der Waals surface area contributed by atoms with Gasteiger partial charge in [-0.1, -0.05) is 6.08 Å². The van der Waals surface area contributed by atoms with Gasteiger partial charge in [0.15, 0.2) is 0 Å². The molecule has 0 spiro atoms. The highest BCUT2D eigenvalue weighted by molar-refractivity contribution is 5.93. The van der Waals surface area contributed by atoms with Gasteiger partial charge >= 0.3 is 6.09 Å². The molecule has 0 radical (unpaired) electrons. The molecule has 3 aliphatic rings. The average molecular weight is 348 g/mol. The molecule has 2 unspecified atom stereocenters. The van der Waals surface area contributed by atoms with Crippen LogP contribution < -0.4 is 5.43 Å². The second-order valence-electron chi connectivity index (χ2n) is 7.67. The maximum absolute atomic E-state index is 12.1. The summed E-state index contributed by atoms with van der Waals surface area (Å²) >= 11 is 0. The van der Waals surface area contributed by atoms with Crippen molar-refractivity contribution in [1.29, 1.82) is 0 Å². The summed E-state index contributed by atoms with van der Waals surface area (Å²) < 4.78 is 5.42. The van der Waals surface area contributed by atoms with Gasteiger partial charge in [-0.15, -0.1) is 0 Å². The number of allylic oxidation sites excluding steroid dienone is 1. The van der Waals surface area contributed by atoms with Gasteiger partial charge < -0.3 is 15.1 Å². The number of hydrazone groups is 1. The van der Waals surface area contributed by atoms with Crippen LogP contribution >= 0.6 is 0 Å². The van der Waals surface area contributed by atoms with Gasteiger partial charge in [0.2, 0.25) is 0 Å². The molecule has 3 rings (SSSR count). The van der Waals surface area contributed by atoms with Crippen molar-refractivity contribution in [3.63, 3.8) is 0 Å². The fourth-order valence-corrected chi connectivity index (χ4v) is 3.46. The van der Waals surface area contributed by atoms with Gasteiger partial charge in [0, 0.05) is 37.1 Å². The minimum absolute atomic E-state index is 0.0572. The van der Waals surface area contributed by atoms with Crippen LogP contribution in [-0.4, -0.2) is 46.4 Å². The summed E-state index contributed by atoms with van der Waals surface area (Å²) in [5.41, 5.74) is 3.65. The van der Waals surface area contributed by atoms with Gasteiger partial charge in [-0.2, -0.15) is 5.10 Å². The van der Waals surface area contributed by atoms with Gasteiger partial charge in [0.1, 0.15) is 5.60 Å². The number of rotatable bonds is 2. The molecule has 25 heavy (non-hydrogen) atoms. The number of carbonyl (C=O) groups excluding carboxylic acids is 1. The number of ether oxygens (including phenoxy) is 1. The average Bonchev–Trinajstić information content (AvgIpc) is 2.96. The molecule has 8 nitrogen and oxygen atoms in total. The van der Waals surface area contributed by atoms with Crippen LogP contribution in [-0.2, 0) is 4.74 Å². The van der Waals surface area contributed by atoms with E-state index in [4.69, 9.17) is 4.74 Å². The largest absolute Gasteiger partial charge is 0.444 e. The number of piperidine rings is 1. The van der Waals surface area contributed by atoms with Crippen LogP contribution in [0.25, 0.3) is 0 Å². The van der Waals surface area contributed by atoms with E-state index in [2.05, 4.69) is 10.5 Å². The van der Waals surface area contributed by atoms with Crippen LogP contribution in [0.1, 0.15) is 33.6 Å². The Morgan fingerprint density at radius 2 is 2.08 bits per heavy atom. The molecule has 1 aliphatic carbocycles. The molecule has 0 aromatic rings. The Morgan fingerprint density at radius 1 is 1.40 bits per heavy atom. The lowest BCUT2D eigenvalue weighted by atomic mass is 9.81. The Hall–Kier alpha value is -2.38. The zero-order valence-electron chi connectivity index (χ0n) is 14.8. The van der Waals surface area contributed by atoms with E-state index in [9.17, 15) is 14.9 Å². The summed E-state index contributed by atoms with van der Waals surface area (Å²) in [7, 11) is 0. The number of hydrogen-bond donors (Lipinski definition) is 1. The van der Waals surface area contributed by atoms with E-state index in [1.807, 2.05) is 26.8 Å². The maximum atomic E-state index is 12.1. The van der Waals surface area contributed by atoms with E-state index in [0.717, 1.165) is 18.6 Å². The number of nitrogens with one attached hydrogen (secondary N) is 1. The number of carbonyl (C=O) groups is 1. The molecule has 1 fully saturated rings. The predicted octanol–water partition coefficient (Wildman–Crippen LogP) is 2.31. The van der Waals surface area contributed by atoms with Gasteiger partial charge in [-0.25, -0.2) is 4.79 Å². The Kier molecular flexibility index (Phi) is 4.53. The molecule has 8 heteroatoms. The van der Waals surface area contributed by atoms with E-state index in [0.29, 0.717) is 13.1 Å². The summed E-state index contributed by atoms with van der Waals surface area (Å²) in [5.74, 6) is 0.332. The monoisotopic (exact) mass is 348 g/mol. The van der Waals surface area contributed by atoms with Crippen LogP contribution in [0, 0.1) is 22.0 Å². The Balaban J connectivity index is 1.57. The highest BCUT2D eigenvalue weighted by Gasteiger charge is 2.38. The first-order valence-electron chi connectivity index (χ1n) is 8.60. The van der Waals surface area contributed by atoms with Crippen molar-refractivity contribution < 1.29 is 14.5 Å². The third kappa shape index (κ3) is 3.83. The molecule has 1 amide bonds. The van der Waals surface area contributed by atoms with Gasteiger partial charge in [-0.3, -0.25) is 10.1 Å². The van der Waals surface area contributed by atoms with Crippen molar-refractivity contribution in [3.8, 4) is 0 Å². The molecule has 0 aromatic heterocycles. The fourth-order valence-electron chi connectivity index (χ4n) is 3.46. The summed E-state index contributed by atoms with van der Waals surface area (Å²) in [6, 6.07) is -0.149. The smallest absolute Gasteiger partial charge is 0.410 e. The number of nitrogens with zero attached hydrogens (tertiary/aromatic N) is 3. The van der Waals surface area contributed by atoms with Crippen molar-refractivity contribution >= 4 is 11.8 Å². The number of fused-ring (bicyclic) bond motifs is 1. The van der Waals surface area contributed by atoms with Crippen LogP contribution in [0.4, 0.5) is 4.79 Å². The first-order chi connectivity index (χ1) is 11.7. The van der Waals surface area contributed by atoms with E-state index in [-0.39, 0.29) is 34.6 Å². The van der Waals surface area contributed by atoms with Gasteiger partial charge in [0.05, 0.1) is 16.7 Å². The minimum atomic E-state index is -0.492. The van der Waals surface area contributed by atoms with Gasteiger partial charge in [-0.05, 0) is 33.6 Å². The lowest BCUT2D eigenvalue weighted by Gasteiger charge is -2.34. The first-order valence-corrected chi connectivity index (χ1v) is 8.60. The van der Waals surface area contributed by atoms with Crippen molar-refractivity contribution in [2.24, 2.45) is 16.9 Å². The predicted molar refractivity (Wildman–Crippen MR) is 92.6 cm³/mol. The van der Waals surface area contributed by atoms with Crippen LogP contribution in [0.3, 0.4) is 0 Å². The van der Waals surface area contributed by atoms with Crippen molar-refractivity contribution in [2.45, 2.75) is 45.3 Å². The zero-order chi connectivity index (χ0) is 18.2. The molecule has 136 valence electrons. The quantitative estimate of drug-likeness (QED) is 0.610. The van der Waals surface area contributed by atoms with Crippen molar-refractivity contribution in [2.75, 3.05) is 13.1 Å². The molecule has 0 bridgehead atoms. The number of likely N-dealkylation sites (tertiary alicyclic amines) is 1. The van der Waals surface area contributed by atoms with Crippen molar-refractivity contribution in [3.05, 3.63) is 34.0 Å². The molecular weight excluding hydrogens is 324 g/mol. The number of amides is 1. The van der Waals surface area contributed by atoms with Crippen LogP contribution in [0.15, 0.2) is 29.0 Å². The maximum Gasteiger partial charge on any atom is 0.410 e. The molecule has 0 aromatic carbocycles. The summed E-state index contributed by atoms with van der Waals surface area (Å²) in [4.78, 5) is 24.4. The Morgan fingerprint density at radius 3 is 2.68 bits per heavy atom. The molecule has 0 saturated carbocycles. The Bertz CT molecular complexity index is 654. The molecule has 1 N–H and O–H groups in total. The highest BCUT2D eigenvalue weighted by Crippen LogP contribution is 2.31. The summed E-state index contributed by atoms with van der Waals surface area (Å²) in [6.45, 7) is 6.85. The molecule has 1 saturated heterocycles.